The highest BCUT2D eigenvalue weighted by Gasteiger charge is 2.43. The lowest BCUT2D eigenvalue weighted by Gasteiger charge is -2.15. The monoisotopic (exact) mass is 434 g/mol. The Hall–Kier alpha value is -2.63. The third kappa shape index (κ3) is 8.09. The second kappa shape index (κ2) is 10.8. The Bertz CT molecular complexity index is 928. The Labute approximate surface area is 173 Å². The second-order valence-electron chi connectivity index (χ2n) is 7.21. The van der Waals surface area contributed by atoms with E-state index >= 15 is 0 Å². The number of carbonyl (C=O) groups is 2. The summed E-state index contributed by atoms with van der Waals surface area (Å²) in [5.74, 6) is 0.443. The molecule has 0 aliphatic rings. The summed E-state index contributed by atoms with van der Waals surface area (Å²) in [6.45, 7) is 11.0. The zero-order chi connectivity index (χ0) is 22.1. The third-order valence-electron chi connectivity index (χ3n) is 3.40. The summed E-state index contributed by atoms with van der Waals surface area (Å²) in [6, 6.07) is 5.81. The number of aryl methyl sites for hydroxylation is 1. The molecule has 0 spiro atoms. The Kier molecular flexibility index (Phi) is 9.08. The Morgan fingerprint density at radius 1 is 1.10 bits per heavy atom. The van der Waals surface area contributed by atoms with Crippen LogP contribution in [-0.2, 0) is 28.9 Å². The van der Waals surface area contributed by atoms with E-state index in [1.807, 2.05) is 0 Å². The number of sulfone groups is 1. The topological polar surface area (TPSA) is 86.7 Å². The lowest BCUT2D eigenvalue weighted by molar-refractivity contribution is -0.152. The molecule has 1 unspecified atom stereocenters. The molecule has 0 amide bonds. The van der Waals surface area contributed by atoms with Gasteiger partial charge in [-0.25, -0.2) is 18.0 Å². The molecule has 1 aromatic carbocycles. The van der Waals surface area contributed by atoms with Gasteiger partial charge in [0.1, 0.15) is 21.3 Å². The first-order valence-corrected chi connectivity index (χ1v) is 14.0. The molecule has 0 saturated carbocycles. The SMILES string of the molecule is C=CCOC(=O)C(C(=O)OC/C=C/C#C[Si](C)(C)C)S(=O)(=O)c1ccc(C)cc1. The van der Waals surface area contributed by atoms with E-state index in [0.717, 1.165) is 5.56 Å². The predicted molar refractivity (Wildman–Crippen MR) is 115 cm³/mol. The summed E-state index contributed by atoms with van der Waals surface area (Å²) < 4.78 is 35.5. The maximum absolute atomic E-state index is 12.9. The van der Waals surface area contributed by atoms with Crippen molar-refractivity contribution in [2.45, 2.75) is 36.7 Å². The maximum Gasteiger partial charge on any atom is 0.336 e. The van der Waals surface area contributed by atoms with Gasteiger partial charge in [0.15, 0.2) is 0 Å². The van der Waals surface area contributed by atoms with Gasteiger partial charge >= 0.3 is 11.9 Å². The average Bonchev–Trinajstić information content (AvgIpc) is 2.62. The molecule has 0 heterocycles. The van der Waals surface area contributed by atoms with E-state index < -0.39 is 35.1 Å². The van der Waals surface area contributed by atoms with Crippen LogP contribution in [0, 0.1) is 18.4 Å². The molecule has 1 rings (SSSR count). The minimum Gasteiger partial charge on any atom is -0.460 e. The van der Waals surface area contributed by atoms with Gasteiger partial charge in [-0.2, -0.15) is 0 Å². The molecule has 1 atom stereocenters. The van der Waals surface area contributed by atoms with Crippen LogP contribution in [0.1, 0.15) is 5.56 Å². The van der Waals surface area contributed by atoms with Crippen LogP contribution in [-0.4, -0.2) is 46.9 Å². The average molecular weight is 435 g/mol. The normalized spacial score (nSPS) is 12.6. The molecule has 29 heavy (non-hydrogen) atoms. The largest absolute Gasteiger partial charge is 0.460 e. The Morgan fingerprint density at radius 3 is 2.17 bits per heavy atom. The lowest BCUT2D eigenvalue weighted by Crippen LogP contribution is -2.40. The molecular formula is C21H26O6SSi. The van der Waals surface area contributed by atoms with E-state index in [4.69, 9.17) is 9.47 Å². The minimum absolute atomic E-state index is 0.169. The van der Waals surface area contributed by atoms with Crippen LogP contribution in [0.15, 0.2) is 54.0 Å². The van der Waals surface area contributed by atoms with Gasteiger partial charge in [0.05, 0.1) is 4.90 Å². The molecule has 0 saturated heterocycles. The van der Waals surface area contributed by atoms with Gasteiger partial charge < -0.3 is 9.47 Å². The molecule has 0 aliphatic heterocycles. The molecular weight excluding hydrogens is 408 g/mol. The lowest BCUT2D eigenvalue weighted by atomic mass is 10.2. The summed E-state index contributed by atoms with van der Waals surface area (Å²) in [4.78, 5) is 24.6. The van der Waals surface area contributed by atoms with E-state index in [1.54, 1.807) is 19.1 Å². The van der Waals surface area contributed by atoms with Crippen LogP contribution in [0.2, 0.25) is 19.6 Å². The molecule has 6 nitrogen and oxygen atoms in total. The van der Waals surface area contributed by atoms with Crippen molar-refractivity contribution in [2.24, 2.45) is 0 Å². The van der Waals surface area contributed by atoms with Crippen molar-refractivity contribution >= 4 is 29.8 Å². The van der Waals surface area contributed by atoms with Crippen molar-refractivity contribution in [2.75, 3.05) is 13.2 Å². The molecule has 0 radical (unpaired) electrons. The fourth-order valence-corrected chi connectivity index (χ4v) is 3.95. The Balaban J connectivity index is 3.02. The van der Waals surface area contributed by atoms with Gasteiger partial charge in [-0.3, -0.25) is 0 Å². The van der Waals surface area contributed by atoms with Gasteiger partial charge in [0, 0.05) is 0 Å². The fourth-order valence-electron chi connectivity index (χ4n) is 2.00. The van der Waals surface area contributed by atoms with Crippen molar-refractivity contribution in [3.63, 3.8) is 0 Å². The predicted octanol–water partition coefficient (Wildman–Crippen LogP) is 2.85. The van der Waals surface area contributed by atoms with Gasteiger partial charge in [-0.15, -0.1) is 5.54 Å². The summed E-state index contributed by atoms with van der Waals surface area (Å²) >= 11 is 0. The highest BCUT2D eigenvalue weighted by atomic mass is 32.2. The van der Waals surface area contributed by atoms with Crippen LogP contribution in [0.4, 0.5) is 0 Å². The van der Waals surface area contributed by atoms with E-state index in [2.05, 4.69) is 37.7 Å². The number of esters is 2. The molecule has 0 fully saturated rings. The number of hydrogen-bond acceptors (Lipinski definition) is 6. The second-order valence-corrected chi connectivity index (χ2v) is 14.0. The van der Waals surface area contributed by atoms with Crippen molar-refractivity contribution in [3.05, 3.63) is 54.6 Å². The highest BCUT2D eigenvalue weighted by molar-refractivity contribution is 7.93. The number of ether oxygens (including phenoxy) is 2. The van der Waals surface area contributed by atoms with E-state index in [9.17, 15) is 18.0 Å². The van der Waals surface area contributed by atoms with Gasteiger partial charge in [0.2, 0.25) is 9.84 Å². The quantitative estimate of drug-likeness (QED) is 0.206. The van der Waals surface area contributed by atoms with Crippen molar-refractivity contribution in [1.82, 2.24) is 0 Å². The number of rotatable bonds is 8. The van der Waals surface area contributed by atoms with E-state index in [0.29, 0.717) is 0 Å². The van der Waals surface area contributed by atoms with Crippen molar-refractivity contribution in [1.29, 1.82) is 0 Å². The molecule has 0 N–H and O–H groups in total. The van der Waals surface area contributed by atoms with Crippen LogP contribution < -0.4 is 0 Å². The molecule has 8 heteroatoms. The third-order valence-corrected chi connectivity index (χ3v) is 6.23. The van der Waals surface area contributed by atoms with E-state index in [1.165, 1.54) is 30.4 Å². The molecule has 0 aliphatic carbocycles. The number of hydrogen-bond donors (Lipinski definition) is 0. The summed E-state index contributed by atoms with van der Waals surface area (Å²) in [7, 11) is -5.86. The molecule has 1 aromatic rings. The summed E-state index contributed by atoms with van der Waals surface area (Å²) in [6.07, 6.45) is 4.29. The summed E-state index contributed by atoms with van der Waals surface area (Å²) in [5.41, 5.74) is 3.94. The maximum atomic E-state index is 12.9. The van der Waals surface area contributed by atoms with E-state index in [-0.39, 0.29) is 18.1 Å². The summed E-state index contributed by atoms with van der Waals surface area (Å²) in [5, 5.41) is -2.12. The number of benzene rings is 1. The van der Waals surface area contributed by atoms with Gasteiger partial charge in [-0.05, 0) is 31.2 Å². The standard InChI is InChI=1S/C21H26O6SSi/c1-6-14-26-20(22)19(28(24,25)18-12-10-17(2)11-13-18)21(23)27-15-8-7-9-16-29(3,4)5/h6-8,10-13,19H,1,14-15H2,2-5H3/b8-7+. The smallest absolute Gasteiger partial charge is 0.336 e. The van der Waals surface area contributed by atoms with Gasteiger partial charge in [-0.1, -0.05) is 55.9 Å². The molecule has 0 bridgehead atoms. The zero-order valence-electron chi connectivity index (χ0n) is 17.1. The Morgan fingerprint density at radius 2 is 1.66 bits per heavy atom. The van der Waals surface area contributed by atoms with Crippen LogP contribution in [0.25, 0.3) is 0 Å². The number of carbonyl (C=O) groups excluding carboxylic acids is 2. The highest BCUT2D eigenvalue weighted by Crippen LogP contribution is 2.19. The van der Waals surface area contributed by atoms with Crippen LogP contribution in [0.3, 0.4) is 0 Å². The minimum atomic E-state index is -4.34. The van der Waals surface area contributed by atoms with Crippen LogP contribution >= 0.6 is 0 Å². The fraction of sp³-hybridized carbons (Fsp3) is 0.333. The zero-order valence-corrected chi connectivity index (χ0v) is 18.9. The number of allylic oxidation sites excluding steroid dienone is 1. The van der Waals surface area contributed by atoms with Crippen molar-refractivity contribution < 1.29 is 27.5 Å². The first-order chi connectivity index (χ1) is 13.5. The van der Waals surface area contributed by atoms with Gasteiger partial charge in [0.25, 0.3) is 5.25 Å². The van der Waals surface area contributed by atoms with Crippen molar-refractivity contribution in [3.8, 4) is 11.5 Å². The van der Waals surface area contributed by atoms with Crippen LogP contribution in [0.5, 0.6) is 0 Å². The molecule has 0 aromatic heterocycles. The first kappa shape index (κ1) is 24.4. The molecule has 156 valence electrons. The first-order valence-electron chi connectivity index (χ1n) is 8.91.